The molecule has 0 N–H and O–H groups in total. The van der Waals surface area contributed by atoms with E-state index in [4.69, 9.17) is 0 Å². The molecule has 0 unspecified atom stereocenters. The van der Waals surface area contributed by atoms with Crippen molar-refractivity contribution in [1.82, 2.24) is 14.7 Å². The summed E-state index contributed by atoms with van der Waals surface area (Å²) in [5, 5.41) is 0. The highest BCUT2D eigenvalue weighted by Gasteiger charge is 2.59. The number of hydrogen-bond donors (Lipinski definition) is 0. The fourth-order valence-corrected chi connectivity index (χ4v) is 2.98. The van der Waals surface area contributed by atoms with E-state index in [2.05, 4.69) is 0 Å². The average Bonchev–Trinajstić information content (AvgIpc) is 3.29. The van der Waals surface area contributed by atoms with Crippen molar-refractivity contribution in [2.75, 3.05) is 39.3 Å². The van der Waals surface area contributed by atoms with Gasteiger partial charge in [0.2, 0.25) is 17.7 Å². The maximum absolute atomic E-state index is 12.7. The largest absolute Gasteiger partial charge is 0.342 e. The number of carbonyl (C=O) groups is 3. The van der Waals surface area contributed by atoms with Gasteiger partial charge in [-0.15, -0.1) is 0 Å². The van der Waals surface area contributed by atoms with Gasteiger partial charge >= 0.3 is 0 Å². The van der Waals surface area contributed by atoms with Crippen molar-refractivity contribution < 1.29 is 14.4 Å². The molecule has 0 aromatic heterocycles. The molecule has 6 heteroatoms. The molecule has 1 aliphatic heterocycles. The van der Waals surface area contributed by atoms with E-state index >= 15 is 0 Å². The third-order valence-corrected chi connectivity index (χ3v) is 4.63. The fourth-order valence-electron chi connectivity index (χ4n) is 2.98. The zero-order chi connectivity index (χ0) is 15.6. The van der Waals surface area contributed by atoms with Gasteiger partial charge in [0.05, 0.1) is 0 Å². The first-order valence-corrected chi connectivity index (χ1v) is 7.80. The maximum Gasteiger partial charge on any atom is 0.238 e. The summed E-state index contributed by atoms with van der Waals surface area (Å²) in [6.45, 7) is 8.90. The van der Waals surface area contributed by atoms with Gasteiger partial charge in [0.15, 0.2) is 0 Å². The molecular weight excluding hydrogens is 270 g/mol. The molecule has 21 heavy (non-hydrogen) atoms. The lowest BCUT2D eigenvalue weighted by molar-refractivity contribution is -0.151. The van der Waals surface area contributed by atoms with E-state index in [1.54, 1.807) is 21.6 Å². The molecule has 0 aromatic rings. The van der Waals surface area contributed by atoms with Crippen molar-refractivity contribution >= 4 is 17.7 Å². The van der Waals surface area contributed by atoms with Crippen LogP contribution in [0, 0.1) is 5.41 Å². The molecule has 0 atom stereocenters. The van der Waals surface area contributed by atoms with Gasteiger partial charge in [0, 0.05) is 46.2 Å². The van der Waals surface area contributed by atoms with Crippen LogP contribution in [0.1, 0.15) is 33.6 Å². The normalized spacial score (nSPS) is 20.1. The monoisotopic (exact) mass is 295 g/mol. The summed E-state index contributed by atoms with van der Waals surface area (Å²) in [7, 11) is 0. The molecule has 2 fully saturated rings. The number of hydrogen-bond acceptors (Lipinski definition) is 3. The molecule has 1 aliphatic carbocycles. The predicted molar refractivity (Wildman–Crippen MR) is 78.4 cm³/mol. The smallest absolute Gasteiger partial charge is 0.238 e. The minimum Gasteiger partial charge on any atom is -0.342 e. The summed E-state index contributed by atoms with van der Waals surface area (Å²) >= 11 is 0. The molecule has 0 aromatic carbocycles. The van der Waals surface area contributed by atoms with Crippen molar-refractivity contribution in [2.45, 2.75) is 33.6 Å². The molecular formula is C15H25N3O3. The van der Waals surface area contributed by atoms with Crippen molar-refractivity contribution in [1.29, 1.82) is 0 Å². The van der Waals surface area contributed by atoms with Crippen LogP contribution in [0.25, 0.3) is 0 Å². The number of rotatable bonds is 4. The molecule has 0 spiro atoms. The Labute approximate surface area is 126 Å². The molecule has 6 nitrogen and oxygen atoms in total. The Hall–Kier alpha value is -1.59. The zero-order valence-corrected chi connectivity index (χ0v) is 13.2. The van der Waals surface area contributed by atoms with Crippen LogP contribution >= 0.6 is 0 Å². The van der Waals surface area contributed by atoms with Gasteiger partial charge in [-0.3, -0.25) is 14.4 Å². The first-order chi connectivity index (χ1) is 9.96. The van der Waals surface area contributed by atoms with E-state index in [-0.39, 0.29) is 17.7 Å². The van der Waals surface area contributed by atoms with E-state index in [0.717, 1.165) is 0 Å². The molecule has 1 saturated carbocycles. The Morgan fingerprint density at radius 2 is 1.43 bits per heavy atom. The van der Waals surface area contributed by atoms with Crippen LogP contribution in [-0.2, 0) is 14.4 Å². The van der Waals surface area contributed by atoms with Crippen molar-refractivity contribution in [2.24, 2.45) is 5.41 Å². The highest BCUT2D eigenvalue weighted by molar-refractivity contribution is 6.07. The zero-order valence-electron chi connectivity index (χ0n) is 13.2. The third kappa shape index (κ3) is 2.89. The standard InChI is InChI=1S/C15H25N3O3/c1-4-16(5-2)13(20)15(6-7-15)14(21)18-10-8-17(9-11-18)12(3)19/h4-11H2,1-3H3. The van der Waals surface area contributed by atoms with Crippen molar-refractivity contribution in [3.63, 3.8) is 0 Å². The van der Waals surface area contributed by atoms with Crippen LogP contribution in [0.3, 0.4) is 0 Å². The van der Waals surface area contributed by atoms with Crippen LogP contribution in [0.2, 0.25) is 0 Å². The van der Waals surface area contributed by atoms with Crippen molar-refractivity contribution in [3.8, 4) is 0 Å². The molecule has 3 amide bonds. The van der Waals surface area contributed by atoms with Crippen LogP contribution < -0.4 is 0 Å². The molecule has 1 heterocycles. The first-order valence-electron chi connectivity index (χ1n) is 7.80. The SMILES string of the molecule is CCN(CC)C(=O)C1(C(=O)N2CCN(C(C)=O)CC2)CC1. The van der Waals surface area contributed by atoms with Crippen LogP contribution in [0.15, 0.2) is 0 Å². The lowest BCUT2D eigenvalue weighted by Gasteiger charge is -2.36. The lowest BCUT2D eigenvalue weighted by atomic mass is 10.0. The fraction of sp³-hybridized carbons (Fsp3) is 0.800. The number of nitrogens with zero attached hydrogens (tertiary/aromatic N) is 3. The Balaban J connectivity index is 2.00. The molecule has 0 radical (unpaired) electrons. The second-order valence-corrected chi connectivity index (χ2v) is 5.86. The minimum absolute atomic E-state index is 0.0218. The van der Waals surface area contributed by atoms with E-state index in [1.165, 1.54) is 0 Å². The highest BCUT2D eigenvalue weighted by Crippen LogP contribution is 2.49. The summed E-state index contributed by atoms with van der Waals surface area (Å²) in [6.07, 6.45) is 1.32. The van der Waals surface area contributed by atoms with E-state index < -0.39 is 5.41 Å². The molecule has 1 saturated heterocycles. The topological polar surface area (TPSA) is 60.9 Å². The van der Waals surface area contributed by atoms with Gasteiger partial charge in [-0.1, -0.05) is 0 Å². The minimum atomic E-state index is -0.801. The molecule has 118 valence electrons. The highest BCUT2D eigenvalue weighted by atomic mass is 16.2. The van der Waals surface area contributed by atoms with E-state index in [9.17, 15) is 14.4 Å². The van der Waals surface area contributed by atoms with Gasteiger partial charge in [-0.25, -0.2) is 0 Å². The average molecular weight is 295 g/mol. The Bertz CT molecular complexity index is 433. The summed E-state index contributed by atoms with van der Waals surface area (Å²) in [6, 6.07) is 0. The lowest BCUT2D eigenvalue weighted by Crippen LogP contribution is -2.54. The summed E-state index contributed by atoms with van der Waals surface area (Å²) < 4.78 is 0. The number of piperazine rings is 1. The Kier molecular flexibility index (Phi) is 4.54. The van der Waals surface area contributed by atoms with E-state index in [1.807, 2.05) is 13.8 Å². The van der Waals surface area contributed by atoms with Gasteiger partial charge in [-0.2, -0.15) is 0 Å². The van der Waals surface area contributed by atoms with Gasteiger partial charge in [0.25, 0.3) is 0 Å². The molecule has 0 bridgehead atoms. The Morgan fingerprint density at radius 1 is 0.952 bits per heavy atom. The second kappa shape index (κ2) is 6.03. The molecule has 2 rings (SSSR count). The van der Waals surface area contributed by atoms with Gasteiger partial charge in [0.1, 0.15) is 5.41 Å². The van der Waals surface area contributed by atoms with Crippen molar-refractivity contribution in [3.05, 3.63) is 0 Å². The number of amides is 3. The van der Waals surface area contributed by atoms with Gasteiger partial charge < -0.3 is 14.7 Å². The van der Waals surface area contributed by atoms with Crippen LogP contribution in [0.5, 0.6) is 0 Å². The van der Waals surface area contributed by atoms with Crippen LogP contribution in [-0.4, -0.2) is 71.7 Å². The van der Waals surface area contributed by atoms with E-state index in [0.29, 0.717) is 52.1 Å². The third-order valence-electron chi connectivity index (χ3n) is 4.63. The Morgan fingerprint density at radius 3 is 1.81 bits per heavy atom. The summed E-state index contributed by atoms with van der Waals surface area (Å²) in [5.41, 5.74) is -0.801. The maximum atomic E-state index is 12.7. The van der Waals surface area contributed by atoms with Gasteiger partial charge in [-0.05, 0) is 26.7 Å². The second-order valence-electron chi connectivity index (χ2n) is 5.86. The number of carbonyl (C=O) groups excluding carboxylic acids is 3. The summed E-state index contributed by atoms with van der Waals surface area (Å²) in [5.74, 6) is -0.0171. The van der Waals surface area contributed by atoms with Crippen LogP contribution in [0.4, 0.5) is 0 Å². The first kappa shape index (κ1) is 15.8. The summed E-state index contributed by atoms with van der Waals surface area (Å²) in [4.78, 5) is 41.8. The quantitative estimate of drug-likeness (QED) is 0.702. The predicted octanol–water partition coefficient (Wildman–Crippen LogP) is 0.326. The molecule has 2 aliphatic rings.